The van der Waals surface area contributed by atoms with Crippen LogP contribution in [0.15, 0.2) is 53.7 Å². The van der Waals surface area contributed by atoms with E-state index in [9.17, 15) is 4.79 Å². The summed E-state index contributed by atoms with van der Waals surface area (Å²) in [5.41, 5.74) is 0.893. The number of nitrogens with zero attached hydrogens (tertiary/aromatic N) is 3. The first-order valence-corrected chi connectivity index (χ1v) is 11.5. The second-order valence-corrected chi connectivity index (χ2v) is 8.43. The van der Waals surface area contributed by atoms with E-state index in [1.807, 2.05) is 53.1 Å². The highest BCUT2D eigenvalue weighted by molar-refractivity contribution is 7.99. The molecular formula is C22H23ClN4O4S. The fourth-order valence-electron chi connectivity index (χ4n) is 3.16. The summed E-state index contributed by atoms with van der Waals surface area (Å²) in [6.07, 6.45) is -0.235. The molecule has 2 aromatic carbocycles. The molecule has 1 aliphatic heterocycles. The summed E-state index contributed by atoms with van der Waals surface area (Å²) in [4.78, 5) is 12.4. The van der Waals surface area contributed by atoms with E-state index in [0.29, 0.717) is 48.1 Å². The Morgan fingerprint density at radius 2 is 2.00 bits per heavy atom. The Bertz CT molecular complexity index is 1060. The van der Waals surface area contributed by atoms with Gasteiger partial charge in [-0.2, -0.15) is 0 Å². The lowest BCUT2D eigenvalue weighted by Crippen LogP contribution is -2.41. The van der Waals surface area contributed by atoms with Crippen LogP contribution in [0.3, 0.4) is 0 Å². The van der Waals surface area contributed by atoms with E-state index < -0.39 is 0 Å². The summed E-state index contributed by atoms with van der Waals surface area (Å²) < 4.78 is 18.7. The first-order valence-electron chi connectivity index (χ1n) is 10.1. The highest BCUT2D eigenvalue weighted by Crippen LogP contribution is 2.30. The van der Waals surface area contributed by atoms with Gasteiger partial charge in [-0.15, -0.1) is 10.2 Å². The van der Waals surface area contributed by atoms with Crippen molar-refractivity contribution in [3.05, 3.63) is 53.6 Å². The first kappa shape index (κ1) is 22.4. The molecule has 0 saturated carbocycles. The topological polar surface area (TPSA) is 87.5 Å². The Balaban J connectivity index is 1.33. The molecule has 0 bridgehead atoms. The Kier molecular flexibility index (Phi) is 7.51. The number of methoxy groups -OCH3 is 1. The smallest absolute Gasteiger partial charge is 0.230 e. The van der Waals surface area contributed by atoms with Gasteiger partial charge in [-0.1, -0.05) is 35.5 Å². The largest absolute Gasteiger partial charge is 0.486 e. The summed E-state index contributed by atoms with van der Waals surface area (Å²) in [5.74, 6) is 2.20. The summed E-state index contributed by atoms with van der Waals surface area (Å²) in [5, 5.41) is 12.8. The molecule has 0 spiro atoms. The van der Waals surface area contributed by atoms with Gasteiger partial charge in [-0.25, -0.2) is 0 Å². The second-order valence-electron chi connectivity index (χ2n) is 7.05. The van der Waals surface area contributed by atoms with Gasteiger partial charge in [0.25, 0.3) is 0 Å². The van der Waals surface area contributed by atoms with Crippen molar-refractivity contribution < 1.29 is 19.0 Å². The van der Waals surface area contributed by atoms with Gasteiger partial charge in [0.15, 0.2) is 22.5 Å². The van der Waals surface area contributed by atoms with Crippen LogP contribution in [0.1, 0.15) is 0 Å². The van der Waals surface area contributed by atoms with Gasteiger partial charge in [0.1, 0.15) is 12.7 Å². The Morgan fingerprint density at radius 3 is 2.78 bits per heavy atom. The van der Waals surface area contributed by atoms with E-state index in [1.165, 1.54) is 11.8 Å². The fraction of sp³-hybridized carbons (Fsp3) is 0.318. The van der Waals surface area contributed by atoms with Crippen molar-refractivity contribution in [1.82, 2.24) is 20.1 Å². The zero-order valence-corrected chi connectivity index (χ0v) is 19.1. The van der Waals surface area contributed by atoms with Crippen molar-refractivity contribution in [3.8, 4) is 22.9 Å². The zero-order valence-electron chi connectivity index (χ0n) is 17.5. The Labute approximate surface area is 195 Å². The SMILES string of the molecule is COCCn1c(SCC(=O)NC[C@@H]2COc3ccccc3O2)nnc1-c1ccc(Cl)cc1. The lowest BCUT2D eigenvalue weighted by molar-refractivity contribution is -0.119. The van der Waals surface area contributed by atoms with Gasteiger partial charge in [0.05, 0.1) is 25.4 Å². The van der Waals surface area contributed by atoms with Crippen LogP contribution in [0.5, 0.6) is 11.5 Å². The minimum Gasteiger partial charge on any atom is -0.486 e. The minimum atomic E-state index is -0.235. The van der Waals surface area contributed by atoms with E-state index in [0.717, 1.165) is 11.3 Å². The molecule has 10 heteroatoms. The van der Waals surface area contributed by atoms with Crippen LogP contribution in [-0.4, -0.2) is 59.4 Å². The van der Waals surface area contributed by atoms with Gasteiger partial charge in [0, 0.05) is 17.7 Å². The third-order valence-corrected chi connectivity index (χ3v) is 5.98. The number of ether oxygens (including phenoxy) is 3. The average Bonchev–Trinajstić information content (AvgIpc) is 3.23. The lowest BCUT2D eigenvalue weighted by Gasteiger charge is -2.26. The Hall–Kier alpha value is -2.75. The van der Waals surface area contributed by atoms with Crippen LogP contribution in [0.2, 0.25) is 5.02 Å². The van der Waals surface area contributed by atoms with Crippen molar-refractivity contribution in [3.63, 3.8) is 0 Å². The number of rotatable bonds is 9. The van der Waals surface area contributed by atoms with Crippen LogP contribution in [-0.2, 0) is 16.1 Å². The summed E-state index contributed by atoms with van der Waals surface area (Å²) >= 11 is 7.32. The van der Waals surface area contributed by atoms with Crippen molar-refractivity contribution >= 4 is 29.3 Å². The number of carbonyl (C=O) groups excluding carboxylic acids is 1. The van der Waals surface area contributed by atoms with Gasteiger partial charge < -0.3 is 19.5 Å². The quantitative estimate of drug-likeness (QED) is 0.476. The molecule has 0 fully saturated rings. The third kappa shape index (κ3) is 5.53. The number of hydrogen-bond acceptors (Lipinski definition) is 7. The predicted octanol–water partition coefficient (Wildman–Crippen LogP) is 3.29. The van der Waals surface area contributed by atoms with Crippen LogP contribution in [0.25, 0.3) is 11.4 Å². The first-order chi connectivity index (χ1) is 15.6. The second kappa shape index (κ2) is 10.7. The summed E-state index contributed by atoms with van der Waals surface area (Å²) in [6.45, 7) is 1.82. The standard InChI is InChI=1S/C22H23ClN4O4S/c1-29-11-10-27-21(15-6-8-16(23)9-7-15)25-26-22(27)32-14-20(28)24-12-17-13-30-18-4-2-3-5-19(18)31-17/h2-9,17H,10-14H2,1H3,(H,24,28)/t17-/m1/s1. The number of nitrogens with one attached hydrogen (secondary N) is 1. The lowest BCUT2D eigenvalue weighted by atomic mass is 10.2. The molecule has 0 unspecified atom stereocenters. The molecule has 0 aliphatic carbocycles. The monoisotopic (exact) mass is 474 g/mol. The normalized spacial score (nSPS) is 14.9. The van der Waals surface area contributed by atoms with Crippen LogP contribution < -0.4 is 14.8 Å². The molecule has 0 saturated heterocycles. The summed E-state index contributed by atoms with van der Waals surface area (Å²) in [6, 6.07) is 14.9. The number of para-hydroxylation sites is 2. The number of amides is 1. The van der Waals surface area contributed by atoms with Crippen molar-refractivity contribution in [2.75, 3.05) is 32.6 Å². The van der Waals surface area contributed by atoms with Crippen LogP contribution in [0, 0.1) is 0 Å². The van der Waals surface area contributed by atoms with E-state index in [-0.39, 0.29) is 17.8 Å². The number of hydrogen-bond donors (Lipinski definition) is 1. The maximum atomic E-state index is 12.4. The highest BCUT2D eigenvalue weighted by atomic mass is 35.5. The van der Waals surface area contributed by atoms with Gasteiger partial charge in [0.2, 0.25) is 5.91 Å². The van der Waals surface area contributed by atoms with E-state index >= 15 is 0 Å². The zero-order chi connectivity index (χ0) is 22.3. The number of benzene rings is 2. The van der Waals surface area contributed by atoms with Gasteiger partial charge in [-0.3, -0.25) is 9.36 Å². The summed E-state index contributed by atoms with van der Waals surface area (Å²) in [7, 11) is 1.64. The maximum absolute atomic E-state index is 12.4. The van der Waals surface area contributed by atoms with E-state index in [4.69, 9.17) is 25.8 Å². The number of carbonyl (C=O) groups is 1. The number of thioether (sulfide) groups is 1. The van der Waals surface area contributed by atoms with Crippen molar-refractivity contribution in [1.29, 1.82) is 0 Å². The van der Waals surface area contributed by atoms with Gasteiger partial charge in [-0.05, 0) is 36.4 Å². The molecule has 168 valence electrons. The van der Waals surface area contributed by atoms with Crippen molar-refractivity contribution in [2.45, 2.75) is 17.8 Å². The van der Waals surface area contributed by atoms with Crippen molar-refractivity contribution in [2.24, 2.45) is 0 Å². The molecule has 1 aliphatic rings. The molecule has 3 aromatic rings. The third-order valence-electron chi connectivity index (χ3n) is 4.77. The fourth-order valence-corrected chi connectivity index (χ4v) is 4.08. The average molecular weight is 475 g/mol. The van der Waals surface area contributed by atoms with E-state index in [1.54, 1.807) is 7.11 Å². The highest BCUT2D eigenvalue weighted by Gasteiger charge is 2.21. The minimum absolute atomic E-state index is 0.119. The van der Waals surface area contributed by atoms with E-state index in [2.05, 4.69) is 15.5 Å². The molecule has 1 amide bonds. The Morgan fingerprint density at radius 1 is 1.22 bits per heavy atom. The number of fused-ring (bicyclic) bond motifs is 1. The van der Waals surface area contributed by atoms with Crippen LogP contribution >= 0.6 is 23.4 Å². The number of halogens is 1. The number of aromatic nitrogens is 3. The molecular weight excluding hydrogens is 452 g/mol. The predicted molar refractivity (Wildman–Crippen MR) is 122 cm³/mol. The molecule has 2 heterocycles. The molecule has 1 atom stereocenters. The maximum Gasteiger partial charge on any atom is 0.230 e. The molecule has 1 aromatic heterocycles. The molecule has 32 heavy (non-hydrogen) atoms. The molecule has 0 radical (unpaired) electrons. The molecule has 1 N–H and O–H groups in total. The molecule has 4 rings (SSSR count). The van der Waals surface area contributed by atoms with Gasteiger partial charge >= 0.3 is 0 Å². The van der Waals surface area contributed by atoms with Crippen LogP contribution in [0.4, 0.5) is 0 Å². The molecule has 8 nitrogen and oxygen atoms in total.